The Bertz CT molecular complexity index is 1400. The molecular formula is C27H21FN4. The number of halogens is 1. The van der Waals surface area contributed by atoms with Crippen molar-refractivity contribution in [3.63, 3.8) is 0 Å². The van der Waals surface area contributed by atoms with Gasteiger partial charge in [0.25, 0.3) is 0 Å². The van der Waals surface area contributed by atoms with E-state index in [1.165, 1.54) is 0 Å². The molecule has 5 heteroatoms. The zero-order valence-electron chi connectivity index (χ0n) is 17.6. The van der Waals surface area contributed by atoms with Crippen molar-refractivity contribution in [3.8, 4) is 22.3 Å². The highest BCUT2D eigenvalue weighted by Crippen LogP contribution is 2.27. The van der Waals surface area contributed by atoms with Gasteiger partial charge in [0.1, 0.15) is 18.0 Å². The third-order valence-electron chi connectivity index (χ3n) is 5.44. The van der Waals surface area contributed by atoms with Crippen LogP contribution in [0.2, 0.25) is 0 Å². The predicted molar refractivity (Wildman–Crippen MR) is 127 cm³/mol. The van der Waals surface area contributed by atoms with Gasteiger partial charge in [0.05, 0.1) is 5.52 Å². The molecule has 0 fully saturated rings. The summed E-state index contributed by atoms with van der Waals surface area (Å²) >= 11 is 0. The normalized spacial score (nSPS) is 10.9. The summed E-state index contributed by atoms with van der Waals surface area (Å²) in [5.41, 5.74) is 6.30. The Hall–Kier alpha value is -4.12. The molecule has 0 aliphatic heterocycles. The Morgan fingerprint density at radius 1 is 0.781 bits per heavy atom. The minimum absolute atomic E-state index is 0.236. The van der Waals surface area contributed by atoms with Crippen LogP contribution < -0.4 is 5.32 Å². The average Bonchev–Trinajstić information content (AvgIpc) is 2.83. The Morgan fingerprint density at radius 2 is 1.62 bits per heavy atom. The van der Waals surface area contributed by atoms with E-state index in [0.717, 1.165) is 44.7 Å². The van der Waals surface area contributed by atoms with Gasteiger partial charge in [-0.1, -0.05) is 48.5 Å². The summed E-state index contributed by atoms with van der Waals surface area (Å²) in [7, 11) is 0. The van der Waals surface area contributed by atoms with Crippen molar-refractivity contribution in [2.45, 2.75) is 13.5 Å². The van der Waals surface area contributed by atoms with E-state index in [-0.39, 0.29) is 5.82 Å². The lowest BCUT2D eigenvalue weighted by atomic mass is 10.0. The van der Waals surface area contributed by atoms with Crippen LogP contribution in [0.15, 0.2) is 91.4 Å². The van der Waals surface area contributed by atoms with Gasteiger partial charge in [-0.25, -0.2) is 14.4 Å². The highest BCUT2D eigenvalue weighted by molar-refractivity contribution is 5.91. The van der Waals surface area contributed by atoms with Crippen LogP contribution in [0.5, 0.6) is 0 Å². The Kier molecular flexibility index (Phi) is 5.30. The molecule has 0 unspecified atom stereocenters. The SMILES string of the molecule is Cc1cc(-c2ccc3c(NCc4ccc(-c5ccccc5)c(F)c4)ncnc3c2)ccn1. The monoisotopic (exact) mass is 420 g/mol. The molecule has 0 bridgehead atoms. The molecular weight excluding hydrogens is 399 g/mol. The second kappa shape index (κ2) is 8.55. The number of aromatic nitrogens is 3. The molecule has 3 aromatic carbocycles. The first-order valence-electron chi connectivity index (χ1n) is 10.4. The van der Waals surface area contributed by atoms with Crippen molar-refractivity contribution in [3.05, 3.63) is 108 Å². The van der Waals surface area contributed by atoms with Crippen LogP contribution in [0, 0.1) is 12.7 Å². The third kappa shape index (κ3) is 4.05. The number of aryl methyl sites for hydroxylation is 1. The van der Waals surface area contributed by atoms with Crippen molar-refractivity contribution < 1.29 is 4.39 Å². The lowest BCUT2D eigenvalue weighted by molar-refractivity contribution is 0.629. The molecule has 2 heterocycles. The van der Waals surface area contributed by atoms with Crippen LogP contribution in [0.1, 0.15) is 11.3 Å². The van der Waals surface area contributed by atoms with Gasteiger partial charge in [0, 0.05) is 29.4 Å². The Labute approximate surface area is 185 Å². The van der Waals surface area contributed by atoms with Crippen molar-refractivity contribution in [1.82, 2.24) is 15.0 Å². The molecule has 5 aromatic rings. The van der Waals surface area contributed by atoms with Crippen LogP contribution in [-0.4, -0.2) is 15.0 Å². The van der Waals surface area contributed by atoms with Gasteiger partial charge in [-0.3, -0.25) is 4.98 Å². The molecule has 0 aliphatic rings. The molecule has 32 heavy (non-hydrogen) atoms. The van der Waals surface area contributed by atoms with Gasteiger partial charge in [-0.2, -0.15) is 0 Å². The number of fused-ring (bicyclic) bond motifs is 1. The van der Waals surface area contributed by atoms with E-state index in [1.807, 2.05) is 73.8 Å². The molecule has 5 rings (SSSR count). The lowest BCUT2D eigenvalue weighted by Crippen LogP contribution is -2.03. The van der Waals surface area contributed by atoms with Gasteiger partial charge in [-0.15, -0.1) is 0 Å². The van der Waals surface area contributed by atoms with E-state index >= 15 is 0 Å². The first kappa shape index (κ1) is 19.8. The Balaban J connectivity index is 1.38. The van der Waals surface area contributed by atoms with Crippen LogP contribution in [0.3, 0.4) is 0 Å². The molecule has 0 atom stereocenters. The van der Waals surface area contributed by atoms with Gasteiger partial charge in [0.15, 0.2) is 0 Å². The number of hydrogen-bond donors (Lipinski definition) is 1. The highest BCUT2D eigenvalue weighted by atomic mass is 19.1. The van der Waals surface area contributed by atoms with Gasteiger partial charge < -0.3 is 5.32 Å². The second-order valence-corrected chi connectivity index (χ2v) is 7.67. The maximum Gasteiger partial charge on any atom is 0.137 e. The van der Waals surface area contributed by atoms with Crippen LogP contribution >= 0.6 is 0 Å². The number of rotatable bonds is 5. The molecule has 0 saturated heterocycles. The molecule has 1 N–H and O–H groups in total. The van der Waals surface area contributed by atoms with Crippen LogP contribution in [0.4, 0.5) is 10.2 Å². The maximum absolute atomic E-state index is 14.7. The van der Waals surface area contributed by atoms with Crippen molar-refractivity contribution in [1.29, 1.82) is 0 Å². The summed E-state index contributed by atoms with van der Waals surface area (Å²) in [6.07, 6.45) is 3.36. The molecule has 2 aromatic heterocycles. The van der Waals surface area contributed by atoms with E-state index in [4.69, 9.17) is 0 Å². The molecule has 0 spiro atoms. The van der Waals surface area contributed by atoms with Gasteiger partial charge in [-0.05, 0) is 59.5 Å². The minimum Gasteiger partial charge on any atom is -0.365 e. The number of hydrogen-bond acceptors (Lipinski definition) is 4. The van der Waals surface area contributed by atoms with Gasteiger partial charge >= 0.3 is 0 Å². The molecule has 0 radical (unpaired) electrons. The average molecular weight is 420 g/mol. The maximum atomic E-state index is 14.7. The van der Waals surface area contributed by atoms with E-state index in [1.54, 1.807) is 12.4 Å². The molecule has 0 aliphatic carbocycles. The molecule has 0 amide bonds. The quantitative estimate of drug-likeness (QED) is 0.356. The molecule has 4 nitrogen and oxygen atoms in total. The summed E-state index contributed by atoms with van der Waals surface area (Å²) in [5, 5.41) is 4.25. The highest BCUT2D eigenvalue weighted by Gasteiger charge is 2.09. The second-order valence-electron chi connectivity index (χ2n) is 7.67. The fraction of sp³-hybridized carbons (Fsp3) is 0.0741. The van der Waals surface area contributed by atoms with Crippen LogP contribution in [0.25, 0.3) is 33.2 Å². The summed E-state index contributed by atoms with van der Waals surface area (Å²) in [5.74, 6) is 0.486. The Morgan fingerprint density at radius 3 is 2.44 bits per heavy atom. The van der Waals surface area contributed by atoms with Crippen LogP contribution in [-0.2, 0) is 6.54 Å². The topological polar surface area (TPSA) is 50.7 Å². The van der Waals surface area contributed by atoms with Gasteiger partial charge in [0.2, 0.25) is 0 Å². The summed E-state index contributed by atoms with van der Waals surface area (Å²) in [4.78, 5) is 13.1. The van der Waals surface area contributed by atoms with E-state index in [0.29, 0.717) is 12.1 Å². The minimum atomic E-state index is -0.236. The number of benzene rings is 3. The summed E-state index contributed by atoms with van der Waals surface area (Å²) in [6, 6.07) is 25.0. The fourth-order valence-corrected chi connectivity index (χ4v) is 3.81. The number of pyridine rings is 1. The summed E-state index contributed by atoms with van der Waals surface area (Å²) in [6.45, 7) is 2.44. The van der Waals surface area contributed by atoms with E-state index in [9.17, 15) is 4.39 Å². The standard InChI is InChI=1S/C27H21FN4/c1-18-13-22(11-12-29-18)21-8-10-24-26(15-21)31-17-32-27(24)30-16-19-7-9-23(25(28)14-19)20-5-3-2-4-6-20/h2-15,17H,16H2,1H3,(H,30,31,32). The number of anilines is 1. The number of nitrogens with one attached hydrogen (secondary N) is 1. The van der Waals surface area contributed by atoms with Crippen molar-refractivity contribution in [2.75, 3.05) is 5.32 Å². The van der Waals surface area contributed by atoms with E-state index < -0.39 is 0 Å². The lowest BCUT2D eigenvalue weighted by Gasteiger charge is -2.11. The summed E-state index contributed by atoms with van der Waals surface area (Å²) < 4.78 is 14.7. The van der Waals surface area contributed by atoms with E-state index in [2.05, 4.69) is 32.4 Å². The first-order chi connectivity index (χ1) is 15.7. The molecule has 0 saturated carbocycles. The zero-order valence-corrected chi connectivity index (χ0v) is 17.6. The largest absolute Gasteiger partial charge is 0.365 e. The third-order valence-corrected chi connectivity index (χ3v) is 5.44. The predicted octanol–water partition coefficient (Wildman–Crippen LogP) is 6.42. The number of nitrogens with zero attached hydrogens (tertiary/aromatic N) is 3. The smallest absolute Gasteiger partial charge is 0.137 e. The van der Waals surface area contributed by atoms with Crippen molar-refractivity contribution >= 4 is 16.7 Å². The van der Waals surface area contributed by atoms with Crippen molar-refractivity contribution in [2.24, 2.45) is 0 Å². The molecule has 156 valence electrons. The fourth-order valence-electron chi connectivity index (χ4n) is 3.81. The zero-order chi connectivity index (χ0) is 21.9. The first-order valence-corrected chi connectivity index (χ1v) is 10.4.